The highest BCUT2D eigenvalue weighted by Crippen LogP contribution is 2.23. The van der Waals surface area contributed by atoms with Crippen LogP contribution in [0, 0.1) is 5.92 Å². The summed E-state index contributed by atoms with van der Waals surface area (Å²) in [5.74, 6) is 1.91. The van der Waals surface area contributed by atoms with Gasteiger partial charge in [0.05, 0.1) is 12.8 Å². The van der Waals surface area contributed by atoms with E-state index in [0.29, 0.717) is 12.1 Å². The Morgan fingerprint density at radius 2 is 2.16 bits per heavy atom. The largest absolute Gasteiger partial charge is 0.468 e. The molecule has 108 valence electrons. The third kappa shape index (κ3) is 4.36. The summed E-state index contributed by atoms with van der Waals surface area (Å²) in [5.41, 5.74) is 1.25. The lowest BCUT2D eigenvalue weighted by Crippen LogP contribution is -2.40. The fourth-order valence-electron chi connectivity index (χ4n) is 2.72. The van der Waals surface area contributed by atoms with Crippen LogP contribution in [0.15, 0.2) is 16.7 Å². The average molecular weight is 264 g/mol. The molecule has 1 fully saturated rings. The Balaban J connectivity index is 1.88. The molecule has 0 amide bonds. The fourth-order valence-corrected chi connectivity index (χ4v) is 2.72. The molecule has 0 spiro atoms. The van der Waals surface area contributed by atoms with Crippen LogP contribution in [0.2, 0.25) is 0 Å². The number of furan rings is 1. The van der Waals surface area contributed by atoms with Gasteiger partial charge in [-0.3, -0.25) is 4.90 Å². The molecule has 1 aliphatic rings. The average Bonchev–Trinajstić information content (AvgIpc) is 2.79. The fraction of sp³-hybridized carbons (Fsp3) is 0.750. The van der Waals surface area contributed by atoms with Crippen LogP contribution in [-0.4, -0.2) is 23.5 Å². The molecule has 0 aliphatic carbocycles. The van der Waals surface area contributed by atoms with Crippen molar-refractivity contribution in [1.29, 1.82) is 0 Å². The van der Waals surface area contributed by atoms with Crippen LogP contribution < -0.4 is 5.32 Å². The van der Waals surface area contributed by atoms with Gasteiger partial charge in [0, 0.05) is 30.7 Å². The van der Waals surface area contributed by atoms with E-state index in [1.807, 2.05) is 6.26 Å². The van der Waals surface area contributed by atoms with E-state index in [9.17, 15) is 0 Å². The lowest BCUT2D eigenvalue weighted by Gasteiger charge is -2.36. The zero-order chi connectivity index (χ0) is 13.8. The van der Waals surface area contributed by atoms with Gasteiger partial charge < -0.3 is 9.73 Å². The molecule has 3 heteroatoms. The summed E-state index contributed by atoms with van der Waals surface area (Å²) < 4.78 is 5.70. The maximum absolute atomic E-state index is 5.70. The molecular formula is C16H28N2O. The number of piperidine rings is 1. The SMILES string of the molecule is CC1CCC(C)N(Cc2cc(CNC(C)C)co2)C1. The Labute approximate surface area is 117 Å². The van der Waals surface area contributed by atoms with Gasteiger partial charge in [0.25, 0.3) is 0 Å². The summed E-state index contributed by atoms with van der Waals surface area (Å²) in [5, 5.41) is 3.42. The molecule has 3 nitrogen and oxygen atoms in total. The first-order valence-corrected chi connectivity index (χ1v) is 7.58. The summed E-state index contributed by atoms with van der Waals surface area (Å²) in [6.45, 7) is 12.0. The molecule has 0 bridgehead atoms. The minimum Gasteiger partial charge on any atom is -0.468 e. The number of hydrogen-bond donors (Lipinski definition) is 1. The zero-order valence-electron chi connectivity index (χ0n) is 12.8. The monoisotopic (exact) mass is 264 g/mol. The first-order chi connectivity index (χ1) is 9.04. The van der Waals surface area contributed by atoms with Gasteiger partial charge in [-0.1, -0.05) is 20.8 Å². The van der Waals surface area contributed by atoms with E-state index < -0.39 is 0 Å². The van der Waals surface area contributed by atoms with Crippen molar-refractivity contribution in [3.05, 3.63) is 23.7 Å². The molecule has 0 aromatic carbocycles. The molecule has 1 aliphatic heterocycles. The van der Waals surface area contributed by atoms with Crippen LogP contribution in [0.4, 0.5) is 0 Å². The van der Waals surface area contributed by atoms with Crippen LogP contribution in [0.25, 0.3) is 0 Å². The van der Waals surface area contributed by atoms with E-state index >= 15 is 0 Å². The van der Waals surface area contributed by atoms with Gasteiger partial charge in [-0.05, 0) is 31.7 Å². The summed E-state index contributed by atoms with van der Waals surface area (Å²) in [6, 6.07) is 3.39. The van der Waals surface area contributed by atoms with Crippen molar-refractivity contribution in [2.75, 3.05) is 6.54 Å². The number of likely N-dealkylation sites (tertiary alicyclic amines) is 1. The van der Waals surface area contributed by atoms with E-state index in [2.05, 4.69) is 44.0 Å². The van der Waals surface area contributed by atoms with E-state index in [0.717, 1.165) is 24.8 Å². The van der Waals surface area contributed by atoms with Crippen molar-refractivity contribution in [3.8, 4) is 0 Å². The van der Waals surface area contributed by atoms with Crippen molar-refractivity contribution >= 4 is 0 Å². The van der Waals surface area contributed by atoms with Crippen LogP contribution in [0.3, 0.4) is 0 Å². The van der Waals surface area contributed by atoms with E-state index in [1.54, 1.807) is 0 Å². The van der Waals surface area contributed by atoms with Crippen molar-refractivity contribution in [1.82, 2.24) is 10.2 Å². The normalized spacial score (nSPS) is 25.1. The molecule has 2 unspecified atom stereocenters. The predicted octanol–water partition coefficient (Wildman–Crippen LogP) is 3.40. The lowest BCUT2D eigenvalue weighted by atomic mass is 9.95. The molecule has 2 heterocycles. The van der Waals surface area contributed by atoms with E-state index in [4.69, 9.17) is 4.42 Å². The van der Waals surface area contributed by atoms with Gasteiger partial charge in [0.15, 0.2) is 0 Å². The maximum Gasteiger partial charge on any atom is 0.118 e. The molecule has 1 aromatic rings. The highest BCUT2D eigenvalue weighted by molar-refractivity contribution is 5.13. The van der Waals surface area contributed by atoms with Crippen molar-refractivity contribution in [2.24, 2.45) is 5.92 Å². The molecule has 19 heavy (non-hydrogen) atoms. The van der Waals surface area contributed by atoms with E-state index in [1.165, 1.54) is 24.9 Å². The first-order valence-electron chi connectivity index (χ1n) is 7.58. The number of nitrogens with zero attached hydrogens (tertiary/aromatic N) is 1. The molecular weight excluding hydrogens is 236 g/mol. The second-order valence-corrected chi connectivity index (χ2v) is 6.42. The van der Waals surface area contributed by atoms with Gasteiger partial charge >= 0.3 is 0 Å². The topological polar surface area (TPSA) is 28.4 Å². The summed E-state index contributed by atoms with van der Waals surface area (Å²) in [7, 11) is 0. The zero-order valence-corrected chi connectivity index (χ0v) is 12.8. The number of nitrogens with one attached hydrogen (secondary N) is 1. The van der Waals surface area contributed by atoms with Gasteiger partial charge in [-0.25, -0.2) is 0 Å². The van der Waals surface area contributed by atoms with Crippen LogP contribution in [0.5, 0.6) is 0 Å². The number of hydrogen-bond acceptors (Lipinski definition) is 3. The quantitative estimate of drug-likeness (QED) is 0.883. The first kappa shape index (κ1) is 14.6. The third-order valence-electron chi connectivity index (χ3n) is 4.03. The molecule has 0 saturated carbocycles. The summed E-state index contributed by atoms with van der Waals surface area (Å²) in [4.78, 5) is 2.55. The number of rotatable bonds is 5. The Morgan fingerprint density at radius 3 is 2.89 bits per heavy atom. The molecule has 1 aromatic heterocycles. The lowest BCUT2D eigenvalue weighted by molar-refractivity contribution is 0.109. The minimum absolute atomic E-state index is 0.515. The second-order valence-electron chi connectivity index (χ2n) is 6.42. The van der Waals surface area contributed by atoms with Gasteiger partial charge in [0.2, 0.25) is 0 Å². The highest BCUT2D eigenvalue weighted by Gasteiger charge is 2.23. The predicted molar refractivity (Wildman–Crippen MR) is 79.0 cm³/mol. The highest BCUT2D eigenvalue weighted by atomic mass is 16.3. The molecule has 1 saturated heterocycles. The van der Waals surface area contributed by atoms with Gasteiger partial charge in [-0.2, -0.15) is 0 Å². The molecule has 2 atom stereocenters. The van der Waals surface area contributed by atoms with Crippen molar-refractivity contribution in [3.63, 3.8) is 0 Å². The van der Waals surface area contributed by atoms with Gasteiger partial charge in [-0.15, -0.1) is 0 Å². The Morgan fingerprint density at radius 1 is 1.37 bits per heavy atom. The third-order valence-corrected chi connectivity index (χ3v) is 4.03. The van der Waals surface area contributed by atoms with E-state index in [-0.39, 0.29) is 0 Å². The maximum atomic E-state index is 5.70. The summed E-state index contributed by atoms with van der Waals surface area (Å²) >= 11 is 0. The van der Waals surface area contributed by atoms with Crippen LogP contribution in [-0.2, 0) is 13.1 Å². The van der Waals surface area contributed by atoms with Crippen LogP contribution >= 0.6 is 0 Å². The van der Waals surface area contributed by atoms with Crippen molar-refractivity contribution < 1.29 is 4.42 Å². The van der Waals surface area contributed by atoms with Crippen LogP contribution in [0.1, 0.15) is 51.9 Å². The minimum atomic E-state index is 0.515. The second kappa shape index (κ2) is 6.58. The smallest absolute Gasteiger partial charge is 0.118 e. The summed E-state index contributed by atoms with van der Waals surface area (Å²) in [6.07, 6.45) is 4.56. The Hall–Kier alpha value is -0.800. The molecule has 0 radical (unpaired) electrons. The Kier molecular flexibility index (Phi) is 5.06. The molecule has 2 rings (SSSR count). The van der Waals surface area contributed by atoms with Crippen molar-refractivity contribution in [2.45, 2.75) is 65.7 Å². The molecule has 1 N–H and O–H groups in total. The standard InChI is InChI=1S/C16H28N2O/c1-12(2)17-8-15-7-16(19-11-15)10-18-9-13(3)5-6-14(18)4/h7,11-14,17H,5-6,8-10H2,1-4H3. The Bertz CT molecular complexity index is 386. The van der Waals surface area contributed by atoms with Gasteiger partial charge in [0.1, 0.15) is 5.76 Å².